The second kappa shape index (κ2) is 8.18. The minimum Gasteiger partial charge on any atom is -0.350 e. The SMILES string of the molecule is O=C(NCC1CCCN1)c1ccc(SCc2ccccc2)cc1. The molecule has 120 valence electrons. The monoisotopic (exact) mass is 326 g/mol. The Balaban J connectivity index is 1.49. The van der Waals surface area contributed by atoms with Crippen LogP contribution >= 0.6 is 11.8 Å². The summed E-state index contributed by atoms with van der Waals surface area (Å²) < 4.78 is 0. The number of nitrogens with one attached hydrogen (secondary N) is 2. The van der Waals surface area contributed by atoms with Gasteiger partial charge < -0.3 is 10.6 Å². The third-order valence-electron chi connectivity index (χ3n) is 4.04. The van der Waals surface area contributed by atoms with E-state index in [9.17, 15) is 4.79 Å². The molecule has 1 atom stereocenters. The second-order valence-electron chi connectivity index (χ2n) is 5.80. The van der Waals surface area contributed by atoms with Crippen LogP contribution in [0.1, 0.15) is 28.8 Å². The van der Waals surface area contributed by atoms with E-state index < -0.39 is 0 Å². The molecule has 1 heterocycles. The zero-order valence-corrected chi connectivity index (χ0v) is 13.9. The Labute approximate surface area is 141 Å². The molecule has 1 fully saturated rings. The molecule has 4 heteroatoms. The Kier molecular flexibility index (Phi) is 5.72. The standard InChI is InChI=1S/C19H22N2OS/c22-19(21-13-17-7-4-12-20-17)16-8-10-18(11-9-16)23-14-15-5-2-1-3-6-15/h1-3,5-6,8-11,17,20H,4,7,12-14H2,(H,21,22). The maximum Gasteiger partial charge on any atom is 0.251 e. The van der Waals surface area contributed by atoms with Crippen molar-refractivity contribution < 1.29 is 4.79 Å². The van der Waals surface area contributed by atoms with E-state index in [4.69, 9.17) is 0 Å². The molecule has 3 nitrogen and oxygen atoms in total. The summed E-state index contributed by atoms with van der Waals surface area (Å²) in [4.78, 5) is 13.3. The third kappa shape index (κ3) is 4.85. The Hall–Kier alpha value is -1.78. The lowest BCUT2D eigenvalue weighted by atomic mass is 10.2. The van der Waals surface area contributed by atoms with Crippen LogP contribution in [-0.4, -0.2) is 25.0 Å². The number of hydrogen-bond acceptors (Lipinski definition) is 3. The molecule has 2 aromatic carbocycles. The normalized spacial score (nSPS) is 17.1. The fourth-order valence-electron chi connectivity index (χ4n) is 2.69. The number of amides is 1. The van der Waals surface area contributed by atoms with E-state index in [1.54, 1.807) is 11.8 Å². The van der Waals surface area contributed by atoms with Crippen molar-refractivity contribution in [3.8, 4) is 0 Å². The maximum atomic E-state index is 12.1. The predicted molar refractivity (Wildman–Crippen MR) is 95.8 cm³/mol. The Morgan fingerprint density at radius 3 is 2.61 bits per heavy atom. The van der Waals surface area contributed by atoms with Gasteiger partial charge in [0.05, 0.1) is 0 Å². The molecule has 2 aromatic rings. The van der Waals surface area contributed by atoms with Crippen LogP contribution in [0.4, 0.5) is 0 Å². The van der Waals surface area contributed by atoms with Crippen molar-refractivity contribution in [2.45, 2.75) is 29.5 Å². The number of hydrogen-bond donors (Lipinski definition) is 2. The molecule has 1 aliphatic heterocycles. The first kappa shape index (κ1) is 16.1. The molecule has 0 bridgehead atoms. The number of thioether (sulfide) groups is 1. The van der Waals surface area contributed by atoms with Crippen molar-refractivity contribution in [1.29, 1.82) is 0 Å². The van der Waals surface area contributed by atoms with Crippen LogP contribution < -0.4 is 10.6 Å². The lowest BCUT2D eigenvalue weighted by Gasteiger charge is -2.11. The molecule has 0 radical (unpaired) electrons. The minimum atomic E-state index is 0.0123. The van der Waals surface area contributed by atoms with Crippen LogP contribution in [0.3, 0.4) is 0 Å². The summed E-state index contributed by atoms with van der Waals surface area (Å²) in [6.45, 7) is 1.78. The molecular weight excluding hydrogens is 304 g/mol. The Morgan fingerprint density at radius 2 is 1.91 bits per heavy atom. The van der Waals surface area contributed by atoms with Gasteiger partial charge in [0.25, 0.3) is 5.91 Å². The zero-order valence-electron chi connectivity index (χ0n) is 13.1. The molecule has 2 N–H and O–H groups in total. The van der Waals surface area contributed by atoms with E-state index in [1.807, 2.05) is 30.3 Å². The highest BCUT2D eigenvalue weighted by Gasteiger charge is 2.15. The van der Waals surface area contributed by atoms with Crippen molar-refractivity contribution >= 4 is 17.7 Å². The van der Waals surface area contributed by atoms with Gasteiger partial charge in [-0.15, -0.1) is 11.8 Å². The average Bonchev–Trinajstić information content (AvgIpc) is 3.13. The number of benzene rings is 2. The lowest BCUT2D eigenvalue weighted by molar-refractivity contribution is 0.0950. The number of rotatable bonds is 6. The van der Waals surface area contributed by atoms with Gasteiger partial charge in [0.1, 0.15) is 0 Å². The van der Waals surface area contributed by atoms with Crippen molar-refractivity contribution in [2.75, 3.05) is 13.1 Å². The molecule has 0 aromatic heterocycles. The van der Waals surface area contributed by atoms with Gasteiger partial charge in [-0.25, -0.2) is 0 Å². The molecule has 3 rings (SSSR count). The van der Waals surface area contributed by atoms with Gasteiger partial charge in [-0.2, -0.15) is 0 Å². The quantitative estimate of drug-likeness (QED) is 0.799. The van der Waals surface area contributed by atoms with Gasteiger partial charge in [0, 0.05) is 28.8 Å². The highest BCUT2D eigenvalue weighted by atomic mass is 32.2. The molecule has 1 unspecified atom stereocenters. The van der Waals surface area contributed by atoms with E-state index >= 15 is 0 Å². The Morgan fingerprint density at radius 1 is 1.13 bits per heavy atom. The van der Waals surface area contributed by atoms with Gasteiger partial charge in [0.2, 0.25) is 0 Å². The summed E-state index contributed by atoms with van der Waals surface area (Å²) >= 11 is 1.79. The largest absolute Gasteiger partial charge is 0.350 e. The first-order valence-electron chi connectivity index (χ1n) is 8.09. The summed E-state index contributed by atoms with van der Waals surface area (Å²) in [5.41, 5.74) is 2.04. The van der Waals surface area contributed by atoms with Crippen molar-refractivity contribution in [3.05, 3.63) is 65.7 Å². The van der Waals surface area contributed by atoms with Gasteiger partial charge in [-0.05, 0) is 49.2 Å². The summed E-state index contributed by atoms with van der Waals surface area (Å²) in [5.74, 6) is 0.957. The second-order valence-corrected chi connectivity index (χ2v) is 6.85. The van der Waals surface area contributed by atoms with Crippen LogP contribution in [0.2, 0.25) is 0 Å². The summed E-state index contributed by atoms with van der Waals surface area (Å²) in [5, 5.41) is 6.40. The summed E-state index contributed by atoms with van der Waals surface area (Å²) in [6.07, 6.45) is 2.35. The highest BCUT2D eigenvalue weighted by Crippen LogP contribution is 2.22. The van der Waals surface area contributed by atoms with Gasteiger partial charge in [-0.1, -0.05) is 30.3 Å². The maximum absolute atomic E-state index is 12.1. The van der Waals surface area contributed by atoms with E-state index in [2.05, 4.69) is 34.9 Å². The van der Waals surface area contributed by atoms with Gasteiger partial charge in [-0.3, -0.25) is 4.79 Å². The molecule has 23 heavy (non-hydrogen) atoms. The number of carbonyl (C=O) groups is 1. The van der Waals surface area contributed by atoms with Crippen LogP contribution in [0, 0.1) is 0 Å². The Bertz CT molecular complexity index is 622. The molecule has 0 aliphatic carbocycles. The number of carbonyl (C=O) groups excluding carboxylic acids is 1. The van der Waals surface area contributed by atoms with Crippen molar-refractivity contribution in [1.82, 2.24) is 10.6 Å². The first-order chi connectivity index (χ1) is 11.3. The molecule has 0 spiro atoms. The van der Waals surface area contributed by atoms with Crippen LogP contribution in [0.5, 0.6) is 0 Å². The fourth-order valence-corrected chi connectivity index (χ4v) is 3.55. The van der Waals surface area contributed by atoms with Gasteiger partial charge in [0.15, 0.2) is 0 Å². The third-order valence-corrected chi connectivity index (χ3v) is 5.12. The molecular formula is C19H22N2OS. The van der Waals surface area contributed by atoms with Gasteiger partial charge >= 0.3 is 0 Å². The fraction of sp³-hybridized carbons (Fsp3) is 0.316. The summed E-state index contributed by atoms with van der Waals surface area (Å²) in [6, 6.07) is 18.7. The van der Waals surface area contributed by atoms with E-state index in [0.29, 0.717) is 12.6 Å². The average molecular weight is 326 g/mol. The van der Waals surface area contributed by atoms with Crippen molar-refractivity contribution in [2.24, 2.45) is 0 Å². The zero-order chi connectivity index (χ0) is 15.9. The highest BCUT2D eigenvalue weighted by molar-refractivity contribution is 7.98. The van der Waals surface area contributed by atoms with Crippen LogP contribution in [-0.2, 0) is 5.75 Å². The van der Waals surface area contributed by atoms with E-state index in [0.717, 1.165) is 24.3 Å². The summed E-state index contributed by atoms with van der Waals surface area (Å²) in [7, 11) is 0. The molecule has 1 saturated heterocycles. The van der Waals surface area contributed by atoms with Crippen LogP contribution in [0.15, 0.2) is 59.5 Å². The minimum absolute atomic E-state index is 0.0123. The van der Waals surface area contributed by atoms with Crippen LogP contribution in [0.25, 0.3) is 0 Å². The predicted octanol–water partition coefficient (Wildman–Crippen LogP) is 3.46. The van der Waals surface area contributed by atoms with E-state index in [-0.39, 0.29) is 5.91 Å². The topological polar surface area (TPSA) is 41.1 Å². The van der Waals surface area contributed by atoms with E-state index in [1.165, 1.54) is 16.9 Å². The van der Waals surface area contributed by atoms with Crippen molar-refractivity contribution in [3.63, 3.8) is 0 Å². The molecule has 0 saturated carbocycles. The molecule has 1 amide bonds. The smallest absolute Gasteiger partial charge is 0.251 e. The first-order valence-corrected chi connectivity index (χ1v) is 9.08. The molecule has 1 aliphatic rings. The lowest BCUT2D eigenvalue weighted by Crippen LogP contribution is -2.37.